The van der Waals surface area contributed by atoms with Crippen molar-refractivity contribution in [1.29, 1.82) is 0 Å². The van der Waals surface area contributed by atoms with Crippen molar-refractivity contribution in [1.82, 2.24) is 14.9 Å². The summed E-state index contributed by atoms with van der Waals surface area (Å²) in [7, 11) is 0. The minimum absolute atomic E-state index is 0.0915. The summed E-state index contributed by atoms with van der Waals surface area (Å²) in [5, 5.41) is 0. The number of carbonyl (C=O) groups excluding carboxylic acids is 1. The van der Waals surface area contributed by atoms with E-state index in [9.17, 15) is 9.18 Å². The fourth-order valence-electron chi connectivity index (χ4n) is 3.51. The van der Waals surface area contributed by atoms with Gasteiger partial charge in [-0.3, -0.25) is 4.79 Å². The predicted octanol–water partition coefficient (Wildman–Crippen LogP) is 4.03. The molecule has 1 aliphatic rings. The lowest BCUT2D eigenvalue weighted by Gasteiger charge is -2.31. The van der Waals surface area contributed by atoms with Gasteiger partial charge in [-0.2, -0.15) is 0 Å². The van der Waals surface area contributed by atoms with Crippen LogP contribution in [0.25, 0.3) is 11.0 Å². The number of hydrogen-bond donors (Lipinski definition) is 1. The summed E-state index contributed by atoms with van der Waals surface area (Å²) in [6, 6.07) is 12.3. The van der Waals surface area contributed by atoms with Gasteiger partial charge in [-0.1, -0.05) is 17.7 Å². The van der Waals surface area contributed by atoms with Gasteiger partial charge in [0.25, 0.3) is 5.91 Å². The van der Waals surface area contributed by atoms with Crippen LogP contribution in [0.15, 0.2) is 42.5 Å². The third-order valence-electron chi connectivity index (χ3n) is 4.90. The molecule has 1 N–H and O–H groups in total. The molecule has 1 fully saturated rings. The van der Waals surface area contributed by atoms with Gasteiger partial charge in [0.2, 0.25) is 0 Å². The summed E-state index contributed by atoms with van der Waals surface area (Å²) in [5.41, 5.74) is 3.36. The lowest BCUT2D eigenvalue weighted by atomic mass is 9.95. The number of amides is 1. The monoisotopic (exact) mass is 337 g/mol. The zero-order valence-electron chi connectivity index (χ0n) is 14.1. The van der Waals surface area contributed by atoms with Crippen LogP contribution in [0.4, 0.5) is 4.39 Å². The van der Waals surface area contributed by atoms with Gasteiger partial charge in [-0.05, 0) is 50.1 Å². The smallest absolute Gasteiger partial charge is 0.253 e. The molecule has 0 radical (unpaired) electrons. The minimum Gasteiger partial charge on any atom is -0.342 e. The van der Waals surface area contributed by atoms with Gasteiger partial charge in [0, 0.05) is 24.6 Å². The minimum atomic E-state index is -0.263. The number of fused-ring (bicyclic) bond motifs is 1. The van der Waals surface area contributed by atoms with Gasteiger partial charge >= 0.3 is 0 Å². The topological polar surface area (TPSA) is 49.0 Å². The van der Waals surface area contributed by atoms with Crippen molar-refractivity contribution in [2.45, 2.75) is 25.7 Å². The molecule has 4 nitrogen and oxygen atoms in total. The van der Waals surface area contributed by atoms with Gasteiger partial charge < -0.3 is 9.88 Å². The van der Waals surface area contributed by atoms with Crippen molar-refractivity contribution in [2.24, 2.45) is 0 Å². The Morgan fingerprint density at radius 2 is 2.00 bits per heavy atom. The Balaban J connectivity index is 1.46. The molecule has 1 saturated heterocycles. The van der Waals surface area contributed by atoms with Crippen molar-refractivity contribution in [3.8, 4) is 0 Å². The number of hydrogen-bond acceptors (Lipinski definition) is 2. The Morgan fingerprint density at radius 1 is 1.20 bits per heavy atom. The molecule has 2 aromatic carbocycles. The lowest BCUT2D eigenvalue weighted by Crippen LogP contribution is -2.38. The number of likely N-dealkylation sites (tertiary alicyclic amines) is 1. The molecule has 128 valence electrons. The first-order valence-electron chi connectivity index (χ1n) is 8.61. The summed E-state index contributed by atoms with van der Waals surface area (Å²) in [4.78, 5) is 22.4. The molecule has 3 aromatic rings. The largest absolute Gasteiger partial charge is 0.342 e. The summed E-state index contributed by atoms with van der Waals surface area (Å²) in [5.74, 6) is 0.996. The number of aromatic nitrogens is 2. The highest BCUT2D eigenvalue weighted by molar-refractivity contribution is 5.94. The number of H-pyrrole nitrogens is 1. The fourth-order valence-corrected chi connectivity index (χ4v) is 3.51. The van der Waals surface area contributed by atoms with Crippen molar-refractivity contribution in [2.75, 3.05) is 13.1 Å². The van der Waals surface area contributed by atoms with Crippen LogP contribution in [0.3, 0.4) is 0 Å². The van der Waals surface area contributed by atoms with E-state index in [0.29, 0.717) is 13.1 Å². The van der Waals surface area contributed by atoms with E-state index in [4.69, 9.17) is 0 Å². The number of rotatable bonds is 2. The Hall–Kier alpha value is -2.69. The highest BCUT2D eigenvalue weighted by Crippen LogP contribution is 2.28. The molecule has 25 heavy (non-hydrogen) atoms. The highest BCUT2D eigenvalue weighted by Gasteiger charge is 2.26. The molecule has 0 atom stereocenters. The van der Waals surface area contributed by atoms with Gasteiger partial charge in [-0.25, -0.2) is 9.37 Å². The van der Waals surface area contributed by atoms with E-state index < -0.39 is 0 Å². The van der Waals surface area contributed by atoms with E-state index in [1.807, 2.05) is 36.1 Å². The van der Waals surface area contributed by atoms with Crippen LogP contribution in [0.1, 0.15) is 40.5 Å². The zero-order valence-corrected chi connectivity index (χ0v) is 14.1. The van der Waals surface area contributed by atoms with Crippen LogP contribution in [-0.2, 0) is 0 Å². The maximum absolute atomic E-state index is 13.3. The second kappa shape index (κ2) is 6.31. The van der Waals surface area contributed by atoms with Crippen LogP contribution >= 0.6 is 0 Å². The number of halogens is 1. The molecule has 1 aromatic heterocycles. The maximum Gasteiger partial charge on any atom is 0.253 e. The predicted molar refractivity (Wildman–Crippen MR) is 95.1 cm³/mol. The summed E-state index contributed by atoms with van der Waals surface area (Å²) in [6.45, 7) is 3.42. The summed E-state index contributed by atoms with van der Waals surface area (Å²) < 4.78 is 13.3. The molecule has 0 aliphatic carbocycles. The molecule has 1 amide bonds. The van der Waals surface area contributed by atoms with Gasteiger partial charge in [0.15, 0.2) is 0 Å². The number of aromatic amines is 1. The van der Waals surface area contributed by atoms with E-state index in [1.165, 1.54) is 12.1 Å². The van der Waals surface area contributed by atoms with Crippen LogP contribution in [-0.4, -0.2) is 33.9 Å². The van der Waals surface area contributed by atoms with Crippen LogP contribution in [0.2, 0.25) is 0 Å². The van der Waals surface area contributed by atoms with Gasteiger partial charge in [-0.15, -0.1) is 0 Å². The second-order valence-electron chi connectivity index (χ2n) is 6.72. The quantitative estimate of drug-likeness (QED) is 0.767. The molecule has 0 saturated carbocycles. The molecular weight excluding hydrogens is 317 g/mol. The van der Waals surface area contributed by atoms with Crippen molar-refractivity contribution < 1.29 is 9.18 Å². The van der Waals surface area contributed by atoms with E-state index in [1.54, 1.807) is 6.07 Å². The number of benzene rings is 2. The SMILES string of the molecule is Cc1cccc(C(=O)N2CCC(c3nc4ccc(F)cc4[nH]3)CC2)c1. The molecule has 0 unspecified atom stereocenters. The van der Waals surface area contributed by atoms with Crippen molar-refractivity contribution in [3.05, 3.63) is 65.2 Å². The first-order valence-corrected chi connectivity index (χ1v) is 8.61. The number of piperidine rings is 1. The Bertz CT molecular complexity index is 926. The van der Waals surface area contributed by atoms with Crippen molar-refractivity contribution >= 4 is 16.9 Å². The third kappa shape index (κ3) is 3.14. The van der Waals surface area contributed by atoms with E-state index >= 15 is 0 Å². The van der Waals surface area contributed by atoms with Gasteiger partial charge in [0.05, 0.1) is 11.0 Å². The normalized spacial score (nSPS) is 15.7. The van der Waals surface area contributed by atoms with Gasteiger partial charge in [0.1, 0.15) is 11.6 Å². The summed E-state index contributed by atoms with van der Waals surface area (Å²) in [6.07, 6.45) is 1.72. The average Bonchev–Trinajstić information content (AvgIpc) is 3.04. The second-order valence-corrected chi connectivity index (χ2v) is 6.72. The molecule has 4 rings (SSSR count). The molecule has 0 spiro atoms. The van der Waals surface area contributed by atoms with Crippen LogP contribution < -0.4 is 0 Å². The number of aryl methyl sites for hydroxylation is 1. The number of carbonyl (C=O) groups is 1. The Labute approximate surface area is 145 Å². The first kappa shape index (κ1) is 15.8. The molecule has 1 aliphatic heterocycles. The first-order chi connectivity index (χ1) is 12.1. The van der Waals surface area contributed by atoms with E-state index in [2.05, 4.69) is 9.97 Å². The summed E-state index contributed by atoms with van der Waals surface area (Å²) >= 11 is 0. The van der Waals surface area contributed by atoms with E-state index in [-0.39, 0.29) is 17.6 Å². The number of imidazole rings is 1. The van der Waals surface area contributed by atoms with E-state index in [0.717, 1.165) is 40.8 Å². The van der Waals surface area contributed by atoms with Crippen LogP contribution in [0, 0.1) is 12.7 Å². The third-order valence-corrected chi connectivity index (χ3v) is 4.90. The average molecular weight is 337 g/mol. The Morgan fingerprint density at radius 3 is 2.76 bits per heavy atom. The number of nitrogens with zero attached hydrogens (tertiary/aromatic N) is 2. The van der Waals surface area contributed by atoms with Crippen molar-refractivity contribution in [3.63, 3.8) is 0 Å². The molecule has 0 bridgehead atoms. The zero-order chi connectivity index (χ0) is 17.4. The maximum atomic E-state index is 13.3. The Kier molecular flexibility index (Phi) is 3.99. The molecular formula is C20H20FN3O. The molecule has 5 heteroatoms. The number of nitrogens with one attached hydrogen (secondary N) is 1. The molecule has 2 heterocycles. The highest BCUT2D eigenvalue weighted by atomic mass is 19.1. The lowest BCUT2D eigenvalue weighted by molar-refractivity contribution is 0.0711. The fraction of sp³-hybridized carbons (Fsp3) is 0.300. The van der Waals surface area contributed by atoms with Crippen LogP contribution in [0.5, 0.6) is 0 Å². The standard InChI is InChI=1S/C20H20FN3O/c1-13-3-2-4-15(11-13)20(25)24-9-7-14(8-10-24)19-22-17-6-5-16(21)12-18(17)23-19/h2-6,11-12,14H,7-10H2,1H3,(H,22,23).